The van der Waals surface area contributed by atoms with E-state index in [1.807, 2.05) is 19.1 Å². The molecule has 6 heteroatoms. The van der Waals surface area contributed by atoms with Crippen molar-refractivity contribution in [3.8, 4) is 5.75 Å². The molecule has 0 spiro atoms. The monoisotopic (exact) mass is 400 g/mol. The van der Waals surface area contributed by atoms with Gasteiger partial charge in [-0.2, -0.15) is 0 Å². The molecule has 0 radical (unpaired) electrons. The average Bonchev–Trinajstić information content (AvgIpc) is 3.05. The number of amides is 1. The van der Waals surface area contributed by atoms with Crippen LogP contribution in [0.1, 0.15) is 22.7 Å². The number of rotatable bonds is 4. The molecule has 1 saturated heterocycles. The van der Waals surface area contributed by atoms with Crippen molar-refractivity contribution >= 4 is 23.1 Å². The number of nitrogens with zero attached hydrogens (tertiary/aromatic N) is 2. The Morgan fingerprint density at radius 1 is 1.03 bits per heavy atom. The number of methoxy groups -OCH3 is 1. The second kappa shape index (κ2) is 7.83. The van der Waals surface area contributed by atoms with Crippen LogP contribution in [0.25, 0.3) is 5.76 Å². The van der Waals surface area contributed by atoms with E-state index in [0.717, 1.165) is 5.56 Å². The van der Waals surface area contributed by atoms with Crippen LogP contribution in [0.3, 0.4) is 0 Å². The van der Waals surface area contributed by atoms with E-state index in [0.29, 0.717) is 22.6 Å². The zero-order valence-electron chi connectivity index (χ0n) is 16.6. The average molecular weight is 400 g/mol. The third-order valence-corrected chi connectivity index (χ3v) is 5.13. The minimum absolute atomic E-state index is 0.0397. The van der Waals surface area contributed by atoms with Gasteiger partial charge in [-0.3, -0.25) is 19.5 Å². The molecule has 1 aliphatic heterocycles. The predicted octanol–water partition coefficient (Wildman–Crippen LogP) is 4.02. The number of aryl methyl sites for hydroxylation is 1. The second-order valence-corrected chi connectivity index (χ2v) is 7.02. The Bertz CT molecular complexity index is 1120. The highest BCUT2D eigenvalue weighted by Crippen LogP contribution is 2.42. The first-order valence-electron chi connectivity index (χ1n) is 9.43. The number of hydrogen-bond donors (Lipinski definition) is 1. The number of aromatic nitrogens is 1. The number of Topliss-reactive ketones (excluding diaryl/α,β-unsaturated/α-hetero) is 1. The lowest BCUT2D eigenvalue weighted by atomic mass is 9.95. The smallest absolute Gasteiger partial charge is 0.300 e. The number of aliphatic hydroxyl groups is 1. The number of hydrogen-bond acceptors (Lipinski definition) is 5. The molecule has 0 bridgehead atoms. The number of benzene rings is 2. The van der Waals surface area contributed by atoms with Gasteiger partial charge < -0.3 is 9.84 Å². The van der Waals surface area contributed by atoms with Gasteiger partial charge in [0.2, 0.25) is 0 Å². The van der Waals surface area contributed by atoms with Crippen molar-refractivity contribution in [1.82, 2.24) is 4.98 Å². The second-order valence-electron chi connectivity index (χ2n) is 7.02. The molecule has 150 valence electrons. The highest BCUT2D eigenvalue weighted by atomic mass is 16.5. The van der Waals surface area contributed by atoms with Crippen LogP contribution >= 0.6 is 0 Å². The van der Waals surface area contributed by atoms with Crippen LogP contribution in [0, 0.1) is 6.92 Å². The summed E-state index contributed by atoms with van der Waals surface area (Å²) in [4.78, 5) is 31.5. The largest absolute Gasteiger partial charge is 0.507 e. The van der Waals surface area contributed by atoms with E-state index in [4.69, 9.17) is 4.74 Å². The minimum atomic E-state index is -0.790. The Balaban J connectivity index is 1.92. The van der Waals surface area contributed by atoms with Gasteiger partial charge in [0.05, 0.1) is 30.6 Å². The zero-order valence-corrected chi connectivity index (χ0v) is 16.6. The SMILES string of the molecule is COc1ccc(C2C(=C(O)c3ccc(C)cc3)C(=O)C(=O)N2c2cccnc2)cc1. The molecule has 30 heavy (non-hydrogen) atoms. The molecule has 1 aliphatic rings. The lowest BCUT2D eigenvalue weighted by molar-refractivity contribution is -0.132. The van der Waals surface area contributed by atoms with Gasteiger partial charge >= 0.3 is 0 Å². The number of ketones is 1. The number of carbonyl (C=O) groups is 2. The van der Waals surface area contributed by atoms with Gasteiger partial charge in [0, 0.05) is 11.8 Å². The molecule has 4 rings (SSSR count). The number of carbonyl (C=O) groups excluding carboxylic acids is 2. The van der Waals surface area contributed by atoms with E-state index in [1.165, 1.54) is 11.1 Å². The van der Waals surface area contributed by atoms with E-state index < -0.39 is 17.7 Å². The molecule has 1 atom stereocenters. The Hall–Kier alpha value is -3.93. The van der Waals surface area contributed by atoms with Gasteiger partial charge in [-0.05, 0) is 36.8 Å². The Morgan fingerprint density at radius 3 is 2.33 bits per heavy atom. The van der Waals surface area contributed by atoms with Gasteiger partial charge in [-0.25, -0.2) is 0 Å². The first-order valence-corrected chi connectivity index (χ1v) is 9.43. The van der Waals surface area contributed by atoms with Crippen LogP contribution < -0.4 is 9.64 Å². The highest BCUT2D eigenvalue weighted by molar-refractivity contribution is 6.51. The van der Waals surface area contributed by atoms with Crippen molar-refractivity contribution in [1.29, 1.82) is 0 Å². The van der Waals surface area contributed by atoms with Gasteiger partial charge in [0.25, 0.3) is 11.7 Å². The summed E-state index contributed by atoms with van der Waals surface area (Å²) in [5.74, 6) is -1.01. The molecule has 2 aromatic carbocycles. The highest BCUT2D eigenvalue weighted by Gasteiger charge is 2.47. The Labute approximate surface area is 174 Å². The van der Waals surface area contributed by atoms with Crippen LogP contribution in [0.15, 0.2) is 78.6 Å². The molecule has 1 amide bonds. The molecular weight excluding hydrogens is 380 g/mol. The molecule has 1 aromatic heterocycles. The lowest BCUT2D eigenvalue weighted by Gasteiger charge is -2.25. The maximum absolute atomic E-state index is 13.0. The summed E-state index contributed by atoms with van der Waals surface area (Å²) in [5.41, 5.74) is 2.69. The van der Waals surface area contributed by atoms with Crippen molar-refractivity contribution in [3.63, 3.8) is 0 Å². The van der Waals surface area contributed by atoms with Gasteiger partial charge in [-0.15, -0.1) is 0 Å². The number of pyridine rings is 1. The van der Waals surface area contributed by atoms with Crippen molar-refractivity contribution in [2.75, 3.05) is 12.0 Å². The fourth-order valence-corrected chi connectivity index (χ4v) is 3.56. The maximum atomic E-state index is 13.0. The zero-order chi connectivity index (χ0) is 21.3. The Kier molecular flexibility index (Phi) is 5.06. The molecule has 1 unspecified atom stereocenters. The summed E-state index contributed by atoms with van der Waals surface area (Å²) in [5, 5.41) is 11.0. The van der Waals surface area contributed by atoms with Crippen LogP contribution in [-0.4, -0.2) is 28.9 Å². The molecule has 1 fully saturated rings. The van der Waals surface area contributed by atoms with E-state index in [1.54, 1.807) is 61.8 Å². The van der Waals surface area contributed by atoms with Gasteiger partial charge in [0.1, 0.15) is 11.5 Å². The topological polar surface area (TPSA) is 79.7 Å². The summed E-state index contributed by atoms with van der Waals surface area (Å²) >= 11 is 0. The standard InChI is InChI=1S/C24H20N2O4/c1-15-5-7-17(8-6-15)22(27)20-21(16-9-11-19(30-2)12-10-16)26(24(29)23(20)28)18-4-3-13-25-14-18/h3-14,21,27H,1-2H3. The molecule has 6 nitrogen and oxygen atoms in total. The van der Waals surface area contributed by atoms with E-state index >= 15 is 0 Å². The van der Waals surface area contributed by atoms with Crippen LogP contribution in [-0.2, 0) is 9.59 Å². The summed E-state index contributed by atoms with van der Waals surface area (Å²) in [6.45, 7) is 1.93. The first-order chi connectivity index (χ1) is 14.5. The number of anilines is 1. The predicted molar refractivity (Wildman–Crippen MR) is 113 cm³/mol. The summed E-state index contributed by atoms with van der Waals surface area (Å²) in [6, 6.07) is 16.8. The van der Waals surface area contributed by atoms with Crippen LogP contribution in [0.5, 0.6) is 5.75 Å². The normalized spacial score (nSPS) is 17.9. The van der Waals surface area contributed by atoms with E-state index in [2.05, 4.69) is 4.98 Å². The molecule has 2 heterocycles. The number of aliphatic hydroxyl groups excluding tert-OH is 1. The quantitative estimate of drug-likeness (QED) is 0.406. The first kappa shape index (κ1) is 19.4. The van der Waals surface area contributed by atoms with Crippen molar-refractivity contribution in [2.45, 2.75) is 13.0 Å². The van der Waals surface area contributed by atoms with Crippen molar-refractivity contribution < 1.29 is 19.4 Å². The Morgan fingerprint density at radius 2 is 1.73 bits per heavy atom. The summed E-state index contributed by atoms with van der Waals surface area (Å²) in [6.07, 6.45) is 3.11. The summed E-state index contributed by atoms with van der Waals surface area (Å²) in [7, 11) is 1.56. The molecule has 0 aliphatic carbocycles. The molecular formula is C24H20N2O4. The van der Waals surface area contributed by atoms with Gasteiger partial charge in [-0.1, -0.05) is 42.0 Å². The lowest BCUT2D eigenvalue weighted by Crippen LogP contribution is -2.29. The molecule has 3 aromatic rings. The van der Waals surface area contributed by atoms with Crippen molar-refractivity contribution in [3.05, 3.63) is 95.3 Å². The van der Waals surface area contributed by atoms with E-state index in [9.17, 15) is 14.7 Å². The third kappa shape index (κ3) is 3.33. The summed E-state index contributed by atoms with van der Waals surface area (Å²) < 4.78 is 5.22. The molecule has 1 N–H and O–H groups in total. The number of ether oxygens (including phenoxy) is 1. The minimum Gasteiger partial charge on any atom is -0.507 e. The third-order valence-electron chi connectivity index (χ3n) is 5.13. The fourth-order valence-electron chi connectivity index (χ4n) is 3.56. The van der Waals surface area contributed by atoms with Gasteiger partial charge in [0.15, 0.2) is 0 Å². The van der Waals surface area contributed by atoms with Crippen LogP contribution in [0.4, 0.5) is 5.69 Å². The van der Waals surface area contributed by atoms with Crippen molar-refractivity contribution in [2.24, 2.45) is 0 Å². The van der Waals surface area contributed by atoms with E-state index in [-0.39, 0.29) is 11.3 Å². The maximum Gasteiger partial charge on any atom is 0.300 e. The fraction of sp³-hybridized carbons (Fsp3) is 0.125. The molecule has 0 saturated carbocycles. The van der Waals surface area contributed by atoms with Crippen LogP contribution in [0.2, 0.25) is 0 Å².